The molecule has 0 fully saturated rings. The quantitative estimate of drug-likeness (QED) is 0.191. The van der Waals surface area contributed by atoms with Crippen LogP contribution in [0.15, 0.2) is 158 Å². The van der Waals surface area contributed by atoms with Crippen LogP contribution in [0, 0.1) is 0 Å². The Bertz CT molecular complexity index is 2750. The van der Waals surface area contributed by atoms with Gasteiger partial charge in [-0.25, -0.2) is 0 Å². The molecule has 0 N–H and O–H groups in total. The zero-order valence-electron chi connectivity index (χ0n) is 26.0. The van der Waals surface area contributed by atoms with Gasteiger partial charge in [-0.1, -0.05) is 122 Å². The molecule has 10 rings (SSSR count). The highest BCUT2D eigenvalue weighted by Crippen LogP contribution is 2.49. The molecule has 9 aromatic rings. The summed E-state index contributed by atoms with van der Waals surface area (Å²) in [5.74, 6) is 0. The number of hydrogen-bond acceptors (Lipinski definition) is 0. The smallest absolute Gasteiger partial charge is 0.0562 e. The molecule has 0 bridgehead atoms. The van der Waals surface area contributed by atoms with Gasteiger partial charge in [0, 0.05) is 32.6 Å². The van der Waals surface area contributed by atoms with Gasteiger partial charge in [-0.15, -0.1) is 0 Å². The van der Waals surface area contributed by atoms with Gasteiger partial charge in [0.2, 0.25) is 0 Å². The molecule has 0 unspecified atom stereocenters. The number of fused-ring (bicyclic) bond motifs is 6. The third-order valence-corrected chi connectivity index (χ3v) is 10.2. The van der Waals surface area contributed by atoms with Crippen molar-refractivity contribution in [1.82, 2.24) is 9.13 Å². The normalized spacial score (nSPS) is 12.8. The minimum atomic E-state index is 1.07. The summed E-state index contributed by atoms with van der Waals surface area (Å²) in [5.41, 5.74) is 14.5. The van der Waals surface area contributed by atoms with Crippen molar-refractivity contribution in [2.24, 2.45) is 0 Å². The highest BCUT2D eigenvalue weighted by Gasteiger charge is 2.26. The van der Waals surface area contributed by atoms with E-state index in [0.29, 0.717) is 0 Å². The van der Waals surface area contributed by atoms with Crippen molar-refractivity contribution < 1.29 is 0 Å². The van der Waals surface area contributed by atoms with Gasteiger partial charge in [-0.3, -0.25) is 0 Å². The van der Waals surface area contributed by atoms with Crippen LogP contribution in [0.5, 0.6) is 0 Å². The maximum absolute atomic E-state index is 4.59. The summed E-state index contributed by atoms with van der Waals surface area (Å²) in [6.07, 6.45) is 0. The van der Waals surface area contributed by atoms with Crippen molar-refractivity contribution >= 4 is 71.1 Å². The third kappa shape index (κ3) is 3.55. The van der Waals surface area contributed by atoms with Gasteiger partial charge in [-0.05, 0) is 82.1 Å². The molecule has 2 nitrogen and oxygen atoms in total. The molecule has 47 heavy (non-hydrogen) atoms. The van der Waals surface area contributed by atoms with Gasteiger partial charge in [0.05, 0.1) is 27.8 Å². The molecule has 0 atom stereocenters. The fraction of sp³-hybridized carbons (Fsp3) is 0.0222. The van der Waals surface area contributed by atoms with Crippen LogP contribution in [0.2, 0.25) is 0 Å². The minimum Gasteiger partial charge on any atom is -0.309 e. The van der Waals surface area contributed by atoms with E-state index in [1.165, 1.54) is 82.3 Å². The van der Waals surface area contributed by atoms with Crippen molar-refractivity contribution in [3.05, 3.63) is 175 Å². The molecule has 2 heteroatoms. The lowest BCUT2D eigenvalue weighted by Gasteiger charge is -2.16. The first-order valence-electron chi connectivity index (χ1n) is 16.2. The molecule has 220 valence electrons. The molecule has 0 aliphatic heterocycles. The van der Waals surface area contributed by atoms with E-state index in [4.69, 9.17) is 0 Å². The minimum absolute atomic E-state index is 1.07. The van der Waals surface area contributed by atoms with E-state index in [1.807, 2.05) is 0 Å². The zero-order valence-corrected chi connectivity index (χ0v) is 26.0. The summed E-state index contributed by atoms with van der Waals surface area (Å²) in [4.78, 5) is 0. The SMILES string of the molecule is C=C(C1=C(C)c2cccc3c(-n4c5ccccc5c5ccc(-n6c7ccccc7c7ccccc76)cc54)ccc1c23)c1ccccc1. The molecule has 0 saturated carbocycles. The summed E-state index contributed by atoms with van der Waals surface area (Å²) >= 11 is 0. The van der Waals surface area contributed by atoms with Crippen molar-refractivity contribution in [1.29, 1.82) is 0 Å². The first-order valence-corrected chi connectivity index (χ1v) is 16.2. The number of para-hydroxylation sites is 3. The van der Waals surface area contributed by atoms with E-state index in [0.717, 1.165) is 16.8 Å². The van der Waals surface area contributed by atoms with Gasteiger partial charge >= 0.3 is 0 Å². The molecule has 0 amide bonds. The monoisotopic (exact) mass is 598 g/mol. The Kier molecular flexibility index (Phi) is 5.39. The van der Waals surface area contributed by atoms with Crippen LogP contribution < -0.4 is 0 Å². The maximum Gasteiger partial charge on any atom is 0.0562 e. The summed E-state index contributed by atoms with van der Waals surface area (Å²) in [6.45, 7) is 6.84. The van der Waals surface area contributed by atoms with Gasteiger partial charge in [0.15, 0.2) is 0 Å². The highest BCUT2D eigenvalue weighted by atomic mass is 15.0. The van der Waals surface area contributed by atoms with E-state index in [9.17, 15) is 0 Å². The van der Waals surface area contributed by atoms with Crippen LogP contribution in [-0.2, 0) is 0 Å². The Morgan fingerprint density at radius 1 is 0.468 bits per heavy atom. The van der Waals surface area contributed by atoms with E-state index in [1.54, 1.807) is 0 Å². The molecular formula is C45H30N2. The predicted octanol–water partition coefficient (Wildman–Crippen LogP) is 12.0. The van der Waals surface area contributed by atoms with E-state index in [-0.39, 0.29) is 0 Å². The van der Waals surface area contributed by atoms with Crippen molar-refractivity contribution in [2.75, 3.05) is 0 Å². The fourth-order valence-electron chi connectivity index (χ4n) is 8.17. The Morgan fingerprint density at radius 3 is 1.72 bits per heavy atom. The van der Waals surface area contributed by atoms with Gasteiger partial charge in [0.1, 0.15) is 0 Å². The van der Waals surface area contributed by atoms with E-state index < -0.39 is 0 Å². The second kappa shape index (κ2) is 9.69. The third-order valence-electron chi connectivity index (χ3n) is 10.2. The standard InChI is InChI=1S/C45H30N2/c1-28(30-13-4-3-5-14-30)44-29(2)32-18-12-19-37-42(26-25-38(44)45(32)37)47-41-22-11-8-17-35(41)36-24-23-31(27-43(36)47)46-39-20-9-6-15-33(39)34-16-7-10-21-40(34)46/h3-27H,1H2,2H3. The first kappa shape index (κ1) is 26.1. The number of allylic oxidation sites excluding steroid dienone is 3. The summed E-state index contributed by atoms with van der Waals surface area (Å²) in [7, 11) is 0. The number of aromatic nitrogens is 2. The van der Waals surface area contributed by atoms with Crippen molar-refractivity contribution in [3.8, 4) is 11.4 Å². The molecule has 2 aromatic heterocycles. The Morgan fingerprint density at radius 2 is 1.04 bits per heavy atom. The Hall–Kier alpha value is -6.12. The van der Waals surface area contributed by atoms with Gasteiger partial charge in [0.25, 0.3) is 0 Å². The molecule has 1 aliphatic carbocycles. The lowest BCUT2D eigenvalue weighted by Crippen LogP contribution is -1.98. The molecule has 2 heterocycles. The van der Waals surface area contributed by atoms with Gasteiger partial charge in [-0.2, -0.15) is 0 Å². The average Bonchev–Trinajstić information content (AvgIpc) is 3.74. The summed E-state index contributed by atoms with van der Waals surface area (Å²) in [5, 5.41) is 7.60. The van der Waals surface area contributed by atoms with Crippen LogP contribution in [-0.4, -0.2) is 9.13 Å². The largest absolute Gasteiger partial charge is 0.309 e. The second-order valence-electron chi connectivity index (χ2n) is 12.6. The summed E-state index contributed by atoms with van der Waals surface area (Å²) < 4.78 is 4.89. The molecule has 0 saturated heterocycles. The van der Waals surface area contributed by atoms with E-state index in [2.05, 4.69) is 174 Å². The number of hydrogen-bond donors (Lipinski definition) is 0. The Labute approximate surface area is 272 Å². The lowest BCUT2D eigenvalue weighted by atomic mass is 9.92. The topological polar surface area (TPSA) is 9.86 Å². The van der Waals surface area contributed by atoms with Crippen LogP contribution in [0.3, 0.4) is 0 Å². The van der Waals surface area contributed by atoms with Crippen molar-refractivity contribution in [3.63, 3.8) is 0 Å². The number of rotatable bonds is 4. The van der Waals surface area contributed by atoms with Crippen LogP contribution in [0.1, 0.15) is 23.6 Å². The summed E-state index contributed by atoms with van der Waals surface area (Å²) in [6, 6.07) is 55.2. The number of nitrogens with zero attached hydrogens (tertiary/aromatic N) is 2. The predicted molar refractivity (Wildman–Crippen MR) is 201 cm³/mol. The molecular weight excluding hydrogens is 569 g/mol. The average molecular weight is 599 g/mol. The van der Waals surface area contributed by atoms with Crippen LogP contribution in [0.25, 0.3) is 82.5 Å². The van der Waals surface area contributed by atoms with Crippen LogP contribution in [0.4, 0.5) is 0 Å². The zero-order chi connectivity index (χ0) is 31.2. The lowest BCUT2D eigenvalue weighted by molar-refractivity contribution is 1.16. The number of benzene rings is 7. The Balaban J connectivity index is 1.25. The second-order valence-corrected chi connectivity index (χ2v) is 12.6. The maximum atomic E-state index is 4.59. The van der Waals surface area contributed by atoms with Gasteiger partial charge < -0.3 is 9.13 Å². The first-order chi connectivity index (χ1) is 23.2. The van der Waals surface area contributed by atoms with E-state index >= 15 is 0 Å². The highest BCUT2D eigenvalue weighted by molar-refractivity contribution is 6.26. The van der Waals surface area contributed by atoms with Crippen LogP contribution >= 0.6 is 0 Å². The molecule has 0 spiro atoms. The fourth-order valence-corrected chi connectivity index (χ4v) is 8.17. The molecule has 7 aromatic carbocycles. The molecule has 1 aliphatic rings. The molecule has 0 radical (unpaired) electrons. The van der Waals surface area contributed by atoms with Crippen molar-refractivity contribution in [2.45, 2.75) is 6.92 Å².